The number of nitrogens with zero attached hydrogens (tertiary/aromatic N) is 1. The van der Waals surface area contributed by atoms with Crippen LogP contribution in [-0.4, -0.2) is 12.0 Å². The van der Waals surface area contributed by atoms with Crippen molar-refractivity contribution in [3.8, 4) is 5.75 Å². The van der Waals surface area contributed by atoms with Crippen LogP contribution in [0.1, 0.15) is 16.7 Å². The Balaban J connectivity index is 0.00000220. The van der Waals surface area contributed by atoms with E-state index in [4.69, 9.17) is 4.74 Å². The molecule has 0 saturated heterocycles. The first-order valence-electron chi connectivity index (χ1n) is 6.20. The second-order valence-electron chi connectivity index (χ2n) is 4.78. The van der Waals surface area contributed by atoms with Crippen molar-refractivity contribution in [2.75, 3.05) is 0 Å². The van der Waals surface area contributed by atoms with Crippen LogP contribution < -0.4 is 61.6 Å². The van der Waals surface area contributed by atoms with Gasteiger partial charge in [-0.3, -0.25) is 4.98 Å². The maximum Gasteiger partial charge on any atom is 1.00 e. The second-order valence-corrected chi connectivity index (χ2v) is 4.78. The number of aromatic nitrogens is 1. The third-order valence-electron chi connectivity index (χ3n) is 2.84. The van der Waals surface area contributed by atoms with Crippen molar-refractivity contribution in [1.29, 1.82) is 0 Å². The number of benzene rings is 1. The molecule has 7 heteroatoms. The van der Waals surface area contributed by atoms with Crippen molar-refractivity contribution >= 4 is 12.4 Å². The summed E-state index contributed by atoms with van der Waals surface area (Å²) in [7, 11) is 0. The summed E-state index contributed by atoms with van der Waals surface area (Å²) in [4.78, 5) is 3.98. The van der Waals surface area contributed by atoms with Gasteiger partial charge in [-0.25, -0.2) is 0 Å². The van der Waals surface area contributed by atoms with Gasteiger partial charge in [-0.1, -0.05) is 23.2 Å². The number of hydrogen-bond donors (Lipinski definition) is 0. The Hall–Kier alpha value is -0.339. The SMILES string of the molecule is Cc1cncc(COc2ccc(C)cc2[B-](F)(F)F)c1.[K+]. The average molecular weight is 319 g/mol. The van der Waals surface area contributed by atoms with Crippen molar-refractivity contribution in [3.63, 3.8) is 0 Å². The number of aryl methyl sites for hydroxylation is 2. The van der Waals surface area contributed by atoms with Crippen LogP contribution in [0.15, 0.2) is 36.7 Å². The van der Waals surface area contributed by atoms with Gasteiger partial charge >= 0.3 is 58.4 Å². The molecule has 2 nitrogen and oxygen atoms in total. The maximum absolute atomic E-state index is 13.0. The third kappa shape index (κ3) is 5.41. The number of rotatable bonds is 4. The largest absolute Gasteiger partial charge is 1.00 e. The van der Waals surface area contributed by atoms with Crippen molar-refractivity contribution in [1.82, 2.24) is 4.98 Å². The zero-order chi connectivity index (χ0) is 14.8. The van der Waals surface area contributed by atoms with Crippen molar-refractivity contribution in [3.05, 3.63) is 53.3 Å². The van der Waals surface area contributed by atoms with E-state index in [-0.39, 0.29) is 63.7 Å². The molecule has 0 saturated carbocycles. The second kappa shape index (κ2) is 7.78. The van der Waals surface area contributed by atoms with E-state index in [0.717, 1.165) is 17.2 Å². The Bertz CT molecular complexity index is 619. The number of hydrogen-bond acceptors (Lipinski definition) is 2. The van der Waals surface area contributed by atoms with Crippen LogP contribution in [0.2, 0.25) is 0 Å². The summed E-state index contributed by atoms with van der Waals surface area (Å²) in [6.45, 7) is -1.53. The minimum absolute atomic E-state index is 0. The number of pyridine rings is 1. The maximum atomic E-state index is 13.0. The fourth-order valence-electron chi connectivity index (χ4n) is 1.91. The van der Waals surface area contributed by atoms with E-state index >= 15 is 0 Å². The van der Waals surface area contributed by atoms with Gasteiger partial charge in [-0.2, -0.15) is 0 Å². The summed E-state index contributed by atoms with van der Waals surface area (Å²) in [6, 6.07) is 5.92. The molecule has 0 spiro atoms. The van der Waals surface area contributed by atoms with Crippen LogP contribution in [0.4, 0.5) is 12.9 Å². The van der Waals surface area contributed by atoms with E-state index in [2.05, 4.69) is 4.98 Å². The van der Waals surface area contributed by atoms with Crippen LogP contribution in [0.5, 0.6) is 5.75 Å². The zero-order valence-corrected chi connectivity index (χ0v) is 15.4. The van der Waals surface area contributed by atoms with Crippen LogP contribution in [-0.2, 0) is 6.61 Å². The average Bonchev–Trinajstić information content (AvgIpc) is 2.36. The summed E-state index contributed by atoms with van der Waals surface area (Å²) in [6.07, 6.45) is 3.26. The van der Waals surface area contributed by atoms with Gasteiger partial charge in [-0.05, 0) is 31.5 Å². The van der Waals surface area contributed by atoms with Gasteiger partial charge in [0.25, 0.3) is 0 Å². The summed E-state index contributed by atoms with van der Waals surface area (Å²) >= 11 is 0. The molecule has 0 aliphatic rings. The molecule has 21 heavy (non-hydrogen) atoms. The van der Waals surface area contributed by atoms with Crippen molar-refractivity contribution in [2.45, 2.75) is 20.5 Å². The standard InChI is InChI=1S/C14H14BF3NO.K/c1-10-3-4-14(13(6-10)15(16,17)18)20-9-12-5-11(2)7-19-8-12;/h3-8H,9H2,1-2H3;/q-1;+1. The molecule has 0 N–H and O–H groups in total. The first kappa shape index (κ1) is 18.7. The minimum atomic E-state index is -5.09. The summed E-state index contributed by atoms with van der Waals surface area (Å²) in [5.41, 5.74) is 1.55. The fourth-order valence-corrected chi connectivity index (χ4v) is 1.91. The predicted molar refractivity (Wildman–Crippen MR) is 73.2 cm³/mol. The van der Waals surface area contributed by atoms with Gasteiger partial charge in [0, 0.05) is 18.0 Å². The van der Waals surface area contributed by atoms with Gasteiger partial charge in [-0.15, -0.1) is 0 Å². The van der Waals surface area contributed by atoms with Crippen molar-refractivity contribution < 1.29 is 69.1 Å². The molecule has 0 amide bonds. The van der Waals surface area contributed by atoms with Crippen LogP contribution in [0.3, 0.4) is 0 Å². The Morgan fingerprint density at radius 3 is 2.38 bits per heavy atom. The Morgan fingerprint density at radius 2 is 1.76 bits per heavy atom. The molecule has 0 aliphatic heterocycles. The summed E-state index contributed by atoms with van der Waals surface area (Å²) < 4.78 is 44.3. The van der Waals surface area contributed by atoms with E-state index in [9.17, 15) is 12.9 Å². The first-order chi connectivity index (χ1) is 9.36. The smallest absolute Gasteiger partial charge is 0.492 e. The Labute approximate surface area is 164 Å². The molecule has 2 rings (SSSR count). The molecule has 0 bridgehead atoms. The zero-order valence-electron chi connectivity index (χ0n) is 12.2. The molecule has 1 aromatic carbocycles. The summed E-state index contributed by atoms with van der Waals surface area (Å²) in [5.74, 6) is -0.135. The number of halogens is 3. The topological polar surface area (TPSA) is 22.1 Å². The molecule has 1 aromatic heterocycles. The predicted octanol–water partition coefficient (Wildman–Crippen LogP) is 0.336. The molecular formula is C14H14BF3KNO. The van der Waals surface area contributed by atoms with Gasteiger partial charge < -0.3 is 17.7 Å². The van der Waals surface area contributed by atoms with E-state index < -0.39 is 12.4 Å². The van der Waals surface area contributed by atoms with Gasteiger partial charge in [0.2, 0.25) is 0 Å². The normalized spacial score (nSPS) is 10.9. The molecule has 0 aliphatic carbocycles. The molecule has 0 atom stereocenters. The van der Waals surface area contributed by atoms with Gasteiger partial charge in [0.1, 0.15) is 6.61 Å². The molecule has 0 fully saturated rings. The van der Waals surface area contributed by atoms with E-state index in [0.29, 0.717) is 5.56 Å². The molecule has 0 unspecified atom stereocenters. The molecular weight excluding hydrogens is 305 g/mol. The van der Waals surface area contributed by atoms with E-state index in [1.54, 1.807) is 25.4 Å². The quantitative estimate of drug-likeness (QED) is 0.758. The fraction of sp³-hybridized carbons (Fsp3) is 0.214. The van der Waals surface area contributed by atoms with E-state index in [1.807, 2.05) is 13.0 Å². The Kier molecular flexibility index (Phi) is 6.93. The molecule has 1 heterocycles. The van der Waals surface area contributed by atoms with Gasteiger partial charge in [0.15, 0.2) is 0 Å². The molecule has 2 aromatic rings. The molecule has 0 radical (unpaired) electrons. The number of ether oxygens (including phenoxy) is 1. The third-order valence-corrected chi connectivity index (χ3v) is 2.84. The van der Waals surface area contributed by atoms with Crippen molar-refractivity contribution in [2.24, 2.45) is 0 Å². The van der Waals surface area contributed by atoms with E-state index in [1.165, 1.54) is 6.07 Å². The molecule has 106 valence electrons. The Morgan fingerprint density at radius 1 is 1.05 bits per heavy atom. The minimum Gasteiger partial charge on any atom is -0.492 e. The summed E-state index contributed by atoms with van der Waals surface area (Å²) in [5, 5.41) is 0. The van der Waals surface area contributed by atoms with Crippen LogP contribution in [0.25, 0.3) is 0 Å². The first-order valence-corrected chi connectivity index (χ1v) is 6.20. The van der Waals surface area contributed by atoms with Crippen LogP contribution >= 0.6 is 0 Å². The van der Waals surface area contributed by atoms with Gasteiger partial charge in [0.05, 0.1) is 5.75 Å². The van der Waals surface area contributed by atoms with Crippen LogP contribution in [0, 0.1) is 13.8 Å². The monoisotopic (exact) mass is 319 g/mol.